The molecule has 0 N–H and O–H groups in total. The average molecular weight is 288 g/mol. The zero-order chi connectivity index (χ0) is 15.5. The molecule has 5 heteroatoms. The van der Waals surface area contributed by atoms with Gasteiger partial charge >= 0.3 is 0 Å². The predicted molar refractivity (Wildman–Crippen MR) is 79.1 cm³/mol. The van der Waals surface area contributed by atoms with Crippen LogP contribution in [0.5, 0.6) is 5.75 Å². The summed E-state index contributed by atoms with van der Waals surface area (Å²) in [6, 6.07) is 7.47. The molecular weight excluding hydrogens is 268 g/mol. The number of rotatable bonds is 5. The summed E-state index contributed by atoms with van der Waals surface area (Å²) in [5, 5.41) is 3.93. The van der Waals surface area contributed by atoms with Crippen molar-refractivity contribution >= 4 is 5.78 Å². The van der Waals surface area contributed by atoms with Crippen LogP contribution in [0.15, 0.2) is 28.8 Å². The standard InChI is InChI=1S/C16H20N2O3/c1-5-20-12-8-6-7-11(9-12)15-17-14(21-18-15)10-13(19)16(2,3)4/h6-9H,5,10H2,1-4H3. The quantitative estimate of drug-likeness (QED) is 0.844. The molecule has 0 saturated carbocycles. The third-order valence-corrected chi connectivity index (χ3v) is 3.02. The van der Waals surface area contributed by atoms with Crippen molar-refractivity contribution in [3.8, 4) is 17.1 Å². The smallest absolute Gasteiger partial charge is 0.234 e. The fraction of sp³-hybridized carbons (Fsp3) is 0.438. The van der Waals surface area contributed by atoms with Gasteiger partial charge in [0.25, 0.3) is 0 Å². The Balaban J connectivity index is 2.16. The molecule has 0 amide bonds. The zero-order valence-electron chi connectivity index (χ0n) is 12.8. The Kier molecular flexibility index (Phi) is 4.40. The van der Waals surface area contributed by atoms with E-state index in [1.165, 1.54) is 0 Å². The Morgan fingerprint density at radius 1 is 1.33 bits per heavy atom. The zero-order valence-corrected chi connectivity index (χ0v) is 12.8. The van der Waals surface area contributed by atoms with Crippen LogP contribution in [-0.4, -0.2) is 22.5 Å². The Hall–Kier alpha value is -2.17. The lowest BCUT2D eigenvalue weighted by molar-refractivity contribution is -0.125. The monoisotopic (exact) mass is 288 g/mol. The van der Waals surface area contributed by atoms with Crippen LogP contribution < -0.4 is 4.74 Å². The summed E-state index contributed by atoms with van der Waals surface area (Å²) < 4.78 is 10.6. The number of benzene rings is 1. The molecule has 112 valence electrons. The molecule has 0 saturated heterocycles. The summed E-state index contributed by atoms with van der Waals surface area (Å²) >= 11 is 0. The van der Waals surface area contributed by atoms with Crippen molar-refractivity contribution in [3.63, 3.8) is 0 Å². The summed E-state index contributed by atoms with van der Waals surface area (Å²) in [6.45, 7) is 8.15. The number of hydrogen-bond donors (Lipinski definition) is 0. The number of nitrogens with zero attached hydrogens (tertiary/aromatic N) is 2. The highest BCUT2D eigenvalue weighted by molar-refractivity contribution is 5.85. The summed E-state index contributed by atoms with van der Waals surface area (Å²) in [4.78, 5) is 16.3. The molecule has 5 nitrogen and oxygen atoms in total. The molecule has 1 aromatic carbocycles. The van der Waals surface area contributed by atoms with Crippen LogP contribution in [-0.2, 0) is 11.2 Å². The van der Waals surface area contributed by atoms with E-state index in [2.05, 4.69) is 10.1 Å². The lowest BCUT2D eigenvalue weighted by Gasteiger charge is -2.14. The van der Waals surface area contributed by atoms with Crippen molar-refractivity contribution in [2.75, 3.05) is 6.61 Å². The van der Waals surface area contributed by atoms with Crippen molar-refractivity contribution < 1.29 is 14.1 Å². The highest BCUT2D eigenvalue weighted by Crippen LogP contribution is 2.23. The Morgan fingerprint density at radius 3 is 2.76 bits per heavy atom. The maximum Gasteiger partial charge on any atom is 0.234 e. The maximum absolute atomic E-state index is 12.0. The number of Topliss-reactive ketones (excluding diaryl/α,β-unsaturated/α-hetero) is 1. The van der Waals surface area contributed by atoms with E-state index in [9.17, 15) is 4.79 Å². The molecule has 0 unspecified atom stereocenters. The summed E-state index contributed by atoms with van der Waals surface area (Å²) in [5.74, 6) is 1.63. The number of hydrogen-bond acceptors (Lipinski definition) is 5. The van der Waals surface area contributed by atoms with Gasteiger partial charge in [-0.25, -0.2) is 0 Å². The van der Waals surface area contributed by atoms with Crippen LogP contribution in [0.25, 0.3) is 11.4 Å². The molecule has 21 heavy (non-hydrogen) atoms. The number of ketones is 1. The number of ether oxygens (including phenoxy) is 1. The number of carbonyl (C=O) groups excluding carboxylic acids is 1. The minimum atomic E-state index is -0.413. The normalized spacial score (nSPS) is 11.4. The van der Waals surface area contributed by atoms with Gasteiger partial charge in [0.1, 0.15) is 11.5 Å². The molecule has 0 bridgehead atoms. The van der Waals surface area contributed by atoms with E-state index in [4.69, 9.17) is 9.26 Å². The maximum atomic E-state index is 12.0. The second-order valence-electron chi connectivity index (χ2n) is 5.82. The van der Waals surface area contributed by atoms with Gasteiger partial charge in [0, 0.05) is 11.0 Å². The highest BCUT2D eigenvalue weighted by atomic mass is 16.5. The van der Waals surface area contributed by atoms with Gasteiger partial charge in [0.05, 0.1) is 13.0 Å². The van der Waals surface area contributed by atoms with Crippen LogP contribution in [0.3, 0.4) is 0 Å². The first-order chi connectivity index (χ1) is 9.90. The first-order valence-corrected chi connectivity index (χ1v) is 6.99. The van der Waals surface area contributed by atoms with E-state index < -0.39 is 5.41 Å². The Morgan fingerprint density at radius 2 is 2.10 bits per heavy atom. The van der Waals surface area contributed by atoms with Gasteiger partial charge < -0.3 is 9.26 Å². The molecular formula is C16H20N2O3. The molecule has 0 fully saturated rings. The largest absolute Gasteiger partial charge is 0.494 e. The first kappa shape index (κ1) is 15.2. The molecule has 0 atom stereocenters. The molecule has 0 radical (unpaired) electrons. The molecule has 0 aliphatic heterocycles. The van der Waals surface area contributed by atoms with Crippen molar-refractivity contribution in [1.82, 2.24) is 10.1 Å². The topological polar surface area (TPSA) is 65.2 Å². The van der Waals surface area contributed by atoms with Crippen LogP contribution in [0.2, 0.25) is 0 Å². The van der Waals surface area contributed by atoms with Gasteiger partial charge in [0.15, 0.2) is 0 Å². The summed E-state index contributed by atoms with van der Waals surface area (Å²) in [6.07, 6.45) is 0.154. The van der Waals surface area contributed by atoms with Gasteiger partial charge in [-0.3, -0.25) is 4.79 Å². The Bertz CT molecular complexity index is 626. The van der Waals surface area contributed by atoms with Crippen molar-refractivity contribution in [2.24, 2.45) is 5.41 Å². The molecule has 0 aliphatic carbocycles. The lowest BCUT2D eigenvalue weighted by atomic mass is 9.89. The molecule has 1 aromatic heterocycles. The van der Waals surface area contributed by atoms with Crippen LogP contribution in [0.4, 0.5) is 0 Å². The van der Waals surface area contributed by atoms with Gasteiger partial charge in [-0.1, -0.05) is 38.1 Å². The second kappa shape index (κ2) is 6.08. The minimum absolute atomic E-state index is 0.0702. The predicted octanol–water partition coefficient (Wildman–Crippen LogP) is 3.29. The minimum Gasteiger partial charge on any atom is -0.494 e. The van der Waals surface area contributed by atoms with Crippen LogP contribution >= 0.6 is 0 Å². The lowest BCUT2D eigenvalue weighted by Crippen LogP contribution is -2.22. The van der Waals surface area contributed by atoms with Crippen molar-refractivity contribution in [2.45, 2.75) is 34.1 Å². The van der Waals surface area contributed by atoms with Crippen LogP contribution in [0.1, 0.15) is 33.6 Å². The van der Waals surface area contributed by atoms with E-state index in [1.807, 2.05) is 52.0 Å². The molecule has 2 aromatic rings. The SMILES string of the molecule is CCOc1cccc(-c2noc(CC(=O)C(C)(C)C)n2)c1. The first-order valence-electron chi connectivity index (χ1n) is 6.99. The third kappa shape index (κ3) is 3.90. The summed E-state index contributed by atoms with van der Waals surface area (Å²) in [5.41, 5.74) is 0.392. The number of carbonyl (C=O) groups is 1. The van der Waals surface area contributed by atoms with E-state index in [0.717, 1.165) is 11.3 Å². The van der Waals surface area contributed by atoms with E-state index in [0.29, 0.717) is 18.3 Å². The second-order valence-corrected chi connectivity index (χ2v) is 5.82. The Labute approximate surface area is 124 Å². The summed E-state index contributed by atoms with van der Waals surface area (Å²) in [7, 11) is 0. The van der Waals surface area contributed by atoms with Crippen molar-refractivity contribution in [3.05, 3.63) is 30.2 Å². The molecule has 2 rings (SSSR count). The molecule has 0 spiro atoms. The molecule has 0 aliphatic rings. The van der Waals surface area contributed by atoms with E-state index in [1.54, 1.807) is 0 Å². The van der Waals surface area contributed by atoms with Gasteiger partial charge in [-0.15, -0.1) is 0 Å². The highest BCUT2D eigenvalue weighted by Gasteiger charge is 2.23. The average Bonchev–Trinajstić information content (AvgIpc) is 2.87. The molecule has 1 heterocycles. The van der Waals surface area contributed by atoms with Gasteiger partial charge in [-0.05, 0) is 19.1 Å². The van der Waals surface area contributed by atoms with Gasteiger partial charge in [0.2, 0.25) is 11.7 Å². The van der Waals surface area contributed by atoms with E-state index >= 15 is 0 Å². The fourth-order valence-corrected chi connectivity index (χ4v) is 1.74. The fourth-order valence-electron chi connectivity index (χ4n) is 1.74. The van der Waals surface area contributed by atoms with Gasteiger partial charge in [-0.2, -0.15) is 4.98 Å². The third-order valence-electron chi connectivity index (χ3n) is 3.02. The van der Waals surface area contributed by atoms with Crippen molar-refractivity contribution in [1.29, 1.82) is 0 Å². The van der Waals surface area contributed by atoms with E-state index in [-0.39, 0.29) is 12.2 Å². The van der Waals surface area contributed by atoms with Crippen LogP contribution in [0, 0.1) is 5.41 Å². The number of aromatic nitrogens is 2.